The maximum atomic E-state index is 14.7. The maximum Gasteiger partial charge on any atom is 0.166 e. The number of benzene rings is 2. The second kappa shape index (κ2) is 8.97. The molecule has 0 bridgehead atoms. The molecule has 0 radical (unpaired) electrons. The molecule has 1 saturated carbocycles. The summed E-state index contributed by atoms with van der Waals surface area (Å²) in [5, 5.41) is 1.29. The predicted octanol–water partition coefficient (Wildman–Crippen LogP) is 7.92. The fourth-order valence-electron chi connectivity index (χ4n) is 4.59. The monoisotopic (exact) mass is 358 g/mol. The number of fused-ring (bicyclic) bond motifs is 1. The largest absolute Gasteiger partial charge is 0.203 e. The first-order valence-corrected chi connectivity index (χ1v) is 10.5. The average molecular weight is 359 g/mol. The lowest BCUT2D eigenvalue weighted by molar-refractivity contribution is 0.308. The lowest BCUT2D eigenvalue weighted by Crippen LogP contribution is -2.13. The molecule has 1 fully saturated rings. The zero-order valence-corrected chi connectivity index (χ0v) is 16.3. The van der Waals surface area contributed by atoms with Gasteiger partial charge in [0.25, 0.3) is 0 Å². The fourth-order valence-corrected chi connectivity index (χ4v) is 4.59. The Hall–Kier alpha value is -1.44. The standard InChI is InChI=1S/C24H32F2/c1-3-5-6-8-21-15-20-14-13-19(16-22(20)24(26)23(21)25)18-11-9-17(7-4-2)10-12-18/h13-18H,3-12H2,1-2H3. The van der Waals surface area contributed by atoms with Gasteiger partial charge in [-0.1, -0.05) is 51.7 Å². The molecular formula is C24H32F2. The van der Waals surface area contributed by atoms with Gasteiger partial charge in [0.1, 0.15) is 0 Å². The van der Waals surface area contributed by atoms with Crippen LogP contribution < -0.4 is 0 Å². The van der Waals surface area contributed by atoms with Crippen molar-refractivity contribution in [3.8, 4) is 0 Å². The molecule has 3 rings (SSSR count). The summed E-state index contributed by atoms with van der Waals surface area (Å²) in [5.41, 5.74) is 1.71. The van der Waals surface area contributed by atoms with E-state index in [4.69, 9.17) is 0 Å². The van der Waals surface area contributed by atoms with Crippen molar-refractivity contribution in [3.05, 3.63) is 47.0 Å². The summed E-state index contributed by atoms with van der Waals surface area (Å²) in [6, 6.07) is 7.90. The van der Waals surface area contributed by atoms with Gasteiger partial charge in [0.05, 0.1) is 0 Å². The Morgan fingerprint density at radius 1 is 0.885 bits per heavy atom. The summed E-state index contributed by atoms with van der Waals surface area (Å²) >= 11 is 0. The van der Waals surface area contributed by atoms with Gasteiger partial charge in [0.15, 0.2) is 11.6 Å². The molecule has 0 aromatic heterocycles. The topological polar surface area (TPSA) is 0 Å². The minimum Gasteiger partial charge on any atom is -0.203 e. The lowest BCUT2D eigenvalue weighted by atomic mass is 9.77. The van der Waals surface area contributed by atoms with Crippen molar-refractivity contribution < 1.29 is 8.78 Å². The van der Waals surface area contributed by atoms with E-state index in [0.717, 1.165) is 30.6 Å². The van der Waals surface area contributed by atoms with E-state index in [-0.39, 0.29) is 0 Å². The number of rotatable bonds is 7. The molecule has 2 aromatic carbocycles. The Labute approximate surface area is 157 Å². The van der Waals surface area contributed by atoms with Crippen LogP contribution in [-0.4, -0.2) is 0 Å². The van der Waals surface area contributed by atoms with Crippen LogP contribution in [0.4, 0.5) is 8.78 Å². The lowest BCUT2D eigenvalue weighted by Gasteiger charge is -2.28. The third kappa shape index (κ3) is 4.27. The van der Waals surface area contributed by atoms with Gasteiger partial charge in [-0.25, -0.2) is 8.78 Å². The smallest absolute Gasteiger partial charge is 0.166 e. The molecule has 0 atom stereocenters. The molecule has 0 saturated heterocycles. The Balaban J connectivity index is 1.80. The van der Waals surface area contributed by atoms with Gasteiger partial charge in [-0.15, -0.1) is 0 Å². The number of unbranched alkanes of at least 4 members (excludes halogenated alkanes) is 2. The Bertz CT molecular complexity index is 727. The van der Waals surface area contributed by atoms with Crippen LogP contribution in [-0.2, 0) is 6.42 Å². The number of halogens is 2. The second-order valence-corrected chi connectivity index (χ2v) is 8.11. The Kier molecular flexibility index (Phi) is 6.67. The Morgan fingerprint density at radius 3 is 2.35 bits per heavy atom. The van der Waals surface area contributed by atoms with Crippen molar-refractivity contribution in [2.75, 3.05) is 0 Å². The normalized spacial score (nSPS) is 20.6. The fraction of sp³-hybridized carbons (Fsp3) is 0.583. The highest BCUT2D eigenvalue weighted by Crippen LogP contribution is 2.39. The molecule has 0 unspecified atom stereocenters. The minimum atomic E-state index is -0.657. The molecule has 0 aliphatic heterocycles. The molecule has 2 heteroatoms. The van der Waals surface area contributed by atoms with Gasteiger partial charge in [-0.3, -0.25) is 0 Å². The zero-order chi connectivity index (χ0) is 18.5. The molecule has 26 heavy (non-hydrogen) atoms. The minimum absolute atomic E-state index is 0.454. The number of hydrogen-bond donors (Lipinski definition) is 0. The van der Waals surface area contributed by atoms with Crippen LogP contribution in [0.5, 0.6) is 0 Å². The Morgan fingerprint density at radius 2 is 1.65 bits per heavy atom. The van der Waals surface area contributed by atoms with Crippen LogP contribution in [0.1, 0.15) is 88.7 Å². The molecule has 2 aromatic rings. The van der Waals surface area contributed by atoms with Crippen molar-refractivity contribution in [1.29, 1.82) is 0 Å². The second-order valence-electron chi connectivity index (χ2n) is 8.11. The first kappa shape index (κ1) is 19.3. The van der Waals surface area contributed by atoms with Crippen molar-refractivity contribution in [3.63, 3.8) is 0 Å². The van der Waals surface area contributed by atoms with Gasteiger partial charge in [-0.2, -0.15) is 0 Å². The summed E-state index contributed by atoms with van der Waals surface area (Å²) < 4.78 is 29.2. The highest BCUT2D eigenvalue weighted by atomic mass is 19.2. The third-order valence-electron chi connectivity index (χ3n) is 6.18. The molecule has 1 aliphatic carbocycles. The van der Waals surface area contributed by atoms with E-state index in [1.807, 2.05) is 18.2 Å². The molecule has 142 valence electrons. The SMILES string of the molecule is CCCCCc1cc2ccc(C3CCC(CCC)CC3)cc2c(F)c1F. The third-order valence-corrected chi connectivity index (χ3v) is 6.18. The first-order chi connectivity index (χ1) is 12.6. The summed E-state index contributed by atoms with van der Waals surface area (Å²) in [6.07, 6.45) is 11.1. The van der Waals surface area contributed by atoms with E-state index < -0.39 is 11.6 Å². The van der Waals surface area contributed by atoms with Crippen LogP contribution in [0.15, 0.2) is 24.3 Å². The molecule has 0 heterocycles. The number of aryl methyl sites for hydroxylation is 1. The molecule has 1 aliphatic rings. The van der Waals surface area contributed by atoms with Crippen LogP contribution in [0, 0.1) is 17.6 Å². The summed E-state index contributed by atoms with van der Waals surface area (Å²) in [7, 11) is 0. The predicted molar refractivity (Wildman–Crippen MR) is 107 cm³/mol. The van der Waals surface area contributed by atoms with Gasteiger partial charge in [0.2, 0.25) is 0 Å². The first-order valence-electron chi connectivity index (χ1n) is 10.5. The highest BCUT2D eigenvalue weighted by molar-refractivity contribution is 5.85. The molecule has 0 N–H and O–H groups in total. The van der Waals surface area contributed by atoms with Gasteiger partial charge < -0.3 is 0 Å². The number of hydrogen-bond acceptors (Lipinski definition) is 0. The average Bonchev–Trinajstić information content (AvgIpc) is 2.66. The van der Waals surface area contributed by atoms with Crippen molar-refractivity contribution >= 4 is 10.8 Å². The van der Waals surface area contributed by atoms with Gasteiger partial charge in [-0.05, 0) is 79.0 Å². The summed E-state index contributed by atoms with van der Waals surface area (Å²) in [4.78, 5) is 0. The van der Waals surface area contributed by atoms with Crippen molar-refractivity contribution in [2.24, 2.45) is 5.92 Å². The van der Waals surface area contributed by atoms with Gasteiger partial charge >= 0.3 is 0 Å². The van der Waals surface area contributed by atoms with E-state index in [1.165, 1.54) is 44.1 Å². The molecule has 0 nitrogen and oxygen atoms in total. The van der Waals surface area contributed by atoms with Crippen LogP contribution in [0.3, 0.4) is 0 Å². The van der Waals surface area contributed by atoms with Gasteiger partial charge in [0, 0.05) is 5.39 Å². The molecule has 0 spiro atoms. The van der Waals surface area contributed by atoms with E-state index in [1.54, 1.807) is 0 Å². The van der Waals surface area contributed by atoms with Crippen LogP contribution in [0.2, 0.25) is 0 Å². The van der Waals surface area contributed by atoms with E-state index in [0.29, 0.717) is 23.3 Å². The van der Waals surface area contributed by atoms with E-state index >= 15 is 0 Å². The van der Waals surface area contributed by atoms with Crippen molar-refractivity contribution in [1.82, 2.24) is 0 Å². The van der Waals surface area contributed by atoms with Crippen LogP contribution >= 0.6 is 0 Å². The van der Waals surface area contributed by atoms with Crippen molar-refractivity contribution in [2.45, 2.75) is 84.0 Å². The molecule has 0 amide bonds. The highest BCUT2D eigenvalue weighted by Gasteiger charge is 2.23. The summed E-state index contributed by atoms with van der Waals surface area (Å²) in [6.45, 7) is 4.37. The van der Waals surface area contributed by atoms with E-state index in [2.05, 4.69) is 19.9 Å². The quantitative estimate of drug-likeness (QED) is 0.441. The van der Waals surface area contributed by atoms with E-state index in [9.17, 15) is 8.78 Å². The molecular weight excluding hydrogens is 326 g/mol. The van der Waals surface area contributed by atoms with Crippen LogP contribution in [0.25, 0.3) is 10.8 Å². The maximum absolute atomic E-state index is 14.7. The summed E-state index contributed by atoms with van der Waals surface area (Å²) in [5.74, 6) is 0.0590. The zero-order valence-electron chi connectivity index (χ0n) is 16.3.